The Hall–Kier alpha value is -2.20. The Balaban J connectivity index is 1.63. The first kappa shape index (κ1) is 12.8. The van der Waals surface area contributed by atoms with Crippen LogP contribution in [0.25, 0.3) is 0 Å². The van der Waals surface area contributed by atoms with E-state index in [-0.39, 0.29) is 6.10 Å². The maximum Gasteiger partial charge on any atom is 0.231 e. The second-order valence-corrected chi connectivity index (χ2v) is 4.81. The standard InChI is InChI=1S/C16H17NO3/c1-11(13-3-5-14(17)6-4-13)18-9-12-2-7-15-16(8-12)20-10-19-15/h2-8,11H,9-10,17H2,1H3. The van der Waals surface area contributed by atoms with Gasteiger partial charge in [0.15, 0.2) is 11.5 Å². The average molecular weight is 271 g/mol. The van der Waals surface area contributed by atoms with Gasteiger partial charge in [0.1, 0.15) is 0 Å². The smallest absolute Gasteiger partial charge is 0.231 e. The molecule has 2 aromatic carbocycles. The van der Waals surface area contributed by atoms with Crippen LogP contribution in [0.4, 0.5) is 5.69 Å². The molecule has 3 rings (SSSR count). The molecule has 4 heteroatoms. The highest BCUT2D eigenvalue weighted by Gasteiger charge is 2.13. The number of benzene rings is 2. The normalized spacial score (nSPS) is 14.2. The van der Waals surface area contributed by atoms with Gasteiger partial charge in [0.05, 0.1) is 12.7 Å². The number of anilines is 1. The van der Waals surface area contributed by atoms with Crippen molar-refractivity contribution in [2.75, 3.05) is 12.5 Å². The summed E-state index contributed by atoms with van der Waals surface area (Å²) >= 11 is 0. The van der Waals surface area contributed by atoms with E-state index in [1.807, 2.05) is 49.4 Å². The third-order valence-corrected chi connectivity index (χ3v) is 3.34. The van der Waals surface area contributed by atoms with Gasteiger partial charge in [-0.15, -0.1) is 0 Å². The quantitative estimate of drug-likeness (QED) is 0.867. The highest BCUT2D eigenvalue weighted by Crippen LogP contribution is 2.33. The van der Waals surface area contributed by atoms with Crippen LogP contribution in [-0.2, 0) is 11.3 Å². The first-order chi connectivity index (χ1) is 9.72. The van der Waals surface area contributed by atoms with Gasteiger partial charge in [0, 0.05) is 5.69 Å². The largest absolute Gasteiger partial charge is 0.454 e. The number of nitrogens with two attached hydrogens (primary N) is 1. The van der Waals surface area contributed by atoms with Crippen molar-refractivity contribution < 1.29 is 14.2 Å². The van der Waals surface area contributed by atoms with E-state index in [0.29, 0.717) is 13.4 Å². The van der Waals surface area contributed by atoms with Crippen LogP contribution in [0.15, 0.2) is 42.5 Å². The van der Waals surface area contributed by atoms with Gasteiger partial charge >= 0.3 is 0 Å². The monoisotopic (exact) mass is 271 g/mol. The van der Waals surface area contributed by atoms with Gasteiger partial charge in [-0.2, -0.15) is 0 Å². The molecule has 0 spiro atoms. The first-order valence-corrected chi connectivity index (χ1v) is 6.58. The van der Waals surface area contributed by atoms with Gasteiger partial charge in [-0.3, -0.25) is 0 Å². The minimum Gasteiger partial charge on any atom is -0.454 e. The predicted octanol–water partition coefficient (Wildman–Crippen LogP) is 3.28. The zero-order chi connectivity index (χ0) is 13.9. The first-order valence-electron chi connectivity index (χ1n) is 6.58. The maximum atomic E-state index is 5.88. The molecule has 0 aliphatic carbocycles. The lowest BCUT2D eigenvalue weighted by Crippen LogP contribution is -2.00. The summed E-state index contributed by atoms with van der Waals surface area (Å²) in [7, 11) is 0. The molecule has 1 atom stereocenters. The lowest BCUT2D eigenvalue weighted by molar-refractivity contribution is 0.0525. The second-order valence-electron chi connectivity index (χ2n) is 4.81. The fourth-order valence-corrected chi connectivity index (χ4v) is 2.12. The summed E-state index contributed by atoms with van der Waals surface area (Å²) in [5.74, 6) is 1.58. The molecular formula is C16H17NO3. The van der Waals surface area contributed by atoms with E-state index < -0.39 is 0 Å². The Kier molecular flexibility index (Phi) is 3.48. The molecule has 0 saturated carbocycles. The molecule has 0 radical (unpaired) electrons. The number of nitrogen functional groups attached to an aromatic ring is 1. The summed E-state index contributed by atoms with van der Waals surface area (Å²) in [5.41, 5.74) is 8.62. The van der Waals surface area contributed by atoms with Crippen molar-refractivity contribution in [3.63, 3.8) is 0 Å². The van der Waals surface area contributed by atoms with E-state index in [2.05, 4.69) is 0 Å². The lowest BCUT2D eigenvalue weighted by Gasteiger charge is -2.14. The van der Waals surface area contributed by atoms with Crippen LogP contribution >= 0.6 is 0 Å². The van der Waals surface area contributed by atoms with E-state index in [4.69, 9.17) is 19.9 Å². The fraction of sp³-hybridized carbons (Fsp3) is 0.250. The number of rotatable bonds is 4. The molecule has 1 aliphatic rings. The summed E-state index contributed by atoms with van der Waals surface area (Å²) in [5, 5.41) is 0. The Labute approximate surface area is 118 Å². The van der Waals surface area contributed by atoms with Crippen LogP contribution in [0.5, 0.6) is 11.5 Å². The van der Waals surface area contributed by atoms with Crippen LogP contribution in [-0.4, -0.2) is 6.79 Å². The number of hydrogen-bond donors (Lipinski definition) is 1. The van der Waals surface area contributed by atoms with Gasteiger partial charge in [0.2, 0.25) is 6.79 Å². The van der Waals surface area contributed by atoms with Crippen molar-refractivity contribution >= 4 is 5.69 Å². The van der Waals surface area contributed by atoms with Crippen LogP contribution in [0.3, 0.4) is 0 Å². The Bertz CT molecular complexity index is 595. The van der Waals surface area contributed by atoms with E-state index in [1.165, 1.54) is 0 Å². The molecule has 104 valence electrons. The van der Waals surface area contributed by atoms with Crippen molar-refractivity contribution in [2.24, 2.45) is 0 Å². The number of hydrogen-bond acceptors (Lipinski definition) is 4. The topological polar surface area (TPSA) is 53.7 Å². The van der Waals surface area contributed by atoms with Crippen LogP contribution < -0.4 is 15.2 Å². The molecule has 0 fully saturated rings. The van der Waals surface area contributed by atoms with E-state index in [1.54, 1.807) is 0 Å². The average Bonchev–Trinajstić information content (AvgIpc) is 2.93. The Morgan fingerprint density at radius 3 is 2.65 bits per heavy atom. The SMILES string of the molecule is CC(OCc1ccc2c(c1)OCO2)c1ccc(N)cc1. The van der Waals surface area contributed by atoms with Crippen LogP contribution in [0, 0.1) is 0 Å². The van der Waals surface area contributed by atoms with Crippen molar-refractivity contribution in [2.45, 2.75) is 19.6 Å². The summed E-state index contributed by atoms with van der Waals surface area (Å²) in [6.45, 7) is 2.85. The molecule has 0 amide bonds. The van der Waals surface area contributed by atoms with Crippen LogP contribution in [0.2, 0.25) is 0 Å². The molecule has 20 heavy (non-hydrogen) atoms. The number of fused-ring (bicyclic) bond motifs is 1. The molecular weight excluding hydrogens is 254 g/mol. The Morgan fingerprint density at radius 1 is 1.10 bits per heavy atom. The van der Waals surface area contributed by atoms with Crippen molar-refractivity contribution in [3.05, 3.63) is 53.6 Å². The highest BCUT2D eigenvalue weighted by atomic mass is 16.7. The third kappa shape index (κ3) is 2.70. The molecule has 4 nitrogen and oxygen atoms in total. The zero-order valence-electron chi connectivity index (χ0n) is 11.3. The molecule has 2 aromatic rings. The van der Waals surface area contributed by atoms with E-state index in [0.717, 1.165) is 28.3 Å². The number of ether oxygens (including phenoxy) is 3. The molecule has 1 aliphatic heterocycles. The molecule has 0 aromatic heterocycles. The van der Waals surface area contributed by atoms with Gasteiger partial charge < -0.3 is 19.9 Å². The van der Waals surface area contributed by atoms with Gasteiger partial charge in [-0.05, 0) is 42.3 Å². The summed E-state index contributed by atoms with van der Waals surface area (Å²) in [6, 6.07) is 13.6. The van der Waals surface area contributed by atoms with Gasteiger partial charge in [-0.1, -0.05) is 18.2 Å². The second kappa shape index (κ2) is 5.43. The van der Waals surface area contributed by atoms with Crippen LogP contribution in [0.1, 0.15) is 24.2 Å². The van der Waals surface area contributed by atoms with Gasteiger partial charge in [0.25, 0.3) is 0 Å². The Morgan fingerprint density at radius 2 is 1.85 bits per heavy atom. The molecule has 1 heterocycles. The lowest BCUT2D eigenvalue weighted by atomic mass is 10.1. The highest BCUT2D eigenvalue weighted by molar-refractivity contribution is 5.44. The van der Waals surface area contributed by atoms with Crippen molar-refractivity contribution in [3.8, 4) is 11.5 Å². The molecule has 0 saturated heterocycles. The van der Waals surface area contributed by atoms with E-state index >= 15 is 0 Å². The van der Waals surface area contributed by atoms with Gasteiger partial charge in [-0.25, -0.2) is 0 Å². The summed E-state index contributed by atoms with van der Waals surface area (Å²) in [6.07, 6.45) is 0.0148. The fourth-order valence-electron chi connectivity index (χ4n) is 2.12. The molecule has 1 unspecified atom stereocenters. The predicted molar refractivity (Wildman–Crippen MR) is 76.6 cm³/mol. The van der Waals surface area contributed by atoms with E-state index in [9.17, 15) is 0 Å². The third-order valence-electron chi connectivity index (χ3n) is 3.34. The minimum absolute atomic E-state index is 0.0148. The molecule has 2 N–H and O–H groups in total. The molecule has 0 bridgehead atoms. The summed E-state index contributed by atoms with van der Waals surface area (Å²) in [4.78, 5) is 0. The summed E-state index contributed by atoms with van der Waals surface area (Å²) < 4.78 is 16.5. The zero-order valence-corrected chi connectivity index (χ0v) is 11.3. The maximum absolute atomic E-state index is 5.88. The minimum atomic E-state index is 0.0148. The van der Waals surface area contributed by atoms with Crippen molar-refractivity contribution in [1.29, 1.82) is 0 Å². The van der Waals surface area contributed by atoms with Crippen molar-refractivity contribution in [1.82, 2.24) is 0 Å².